The molecule has 1 saturated heterocycles. The Labute approximate surface area is 154 Å². The molecule has 0 spiro atoms. The highest BCUT2D eigenvalue weighted by Crippen LogP contribution is 2.11. The van der Waals surface area contributed by atoms with E-state index in [4.69, 9.17) is 5.26 Å². The molecule has 0 aliphatic carbocycles. The minimum Gasteiger partial charge on any atom is -0.350 e. The minimum absolute atomic E-state index is 0.109. The van der Waals surface area contributed by atoms with Crippen molar-refractivity contribution in [3.63, 3.8) is 0 Å². The van der Waals surface area contributed by atoms with Gasteiger partial charge in [-0.1, -0.05) is 30.3 Å². The van der Waals surface area contributed by atoms with Crippen LogP contribution in [-0.4, -0.2) is 60.5 Å². The fraction of sp³-hybridized carbons (Fsp3) is 0.350. The minimum atomic E-state index is 0.109. The van der Waals surface area contributed by atoms with Gasteiger partial charge in [-0.3, -0.25) is 9.69 Å². The van der Waals surface area contributed by atoms with Gasteiger partial charge in [-0.25, -0.2) is 4.98 Å². The average molecular weight is 349 g/mol. The van der Waals surface area contributed by atoms with Crippen LogP contribution in [0.1, 0.15) is 11.1 Å². The third-order valence-electron chi connectivity index (χ3n) is 4.61. The number of pyridine rings is 1. The van der Waals surface area contributed by atoms with Crippen molar-refractivity contribution in [1.82, 2.24) is 14.8 Å². The number of rotatable bonds is 5. The Morgan fingerprint density at radius 1 is 1.15 bits per heavy atom. The summed E-state index contributed by atoms with van der Waals surface area (Å²) in [5.41, 5.74) is 1.82. The average Bonchev–Trinajstić information content (AvgIpc) is 2.69. The van der Waals surface area contributed by atoms with Crippen LogP contribution in [0.2, 0.25) is 0 Å². The molecule has 1 fully saturated rings. The highest BCUT2D eigenvalue weighted by atomic mass is 16.2. The van der Waals surface area contributed by atoms with Gasteiger partial charge in [0.25, 0.3) is 0 Å². The van der Waals surface area contributed by atoms with Crippen molar-refractivity contribution < 1.29 is 4.79 Å². The lowest BCUT2D eigenvalue weighted by molar-refractivity contribution is -0.131. The van der Waals surface area contributed by atoms with E-state index in [9.17, 15) is 4.79 Å². The fourth-order valence-electron chi connectivity index (χ4n) is 3.06. The molecule has 2 heterocycles. The normalized spacial score (nSPS) is 14.7. The topological polar surface area (TPSA) is 63.5 Å². The van der Waals surface area contributed by atoms with E-state index in [1.54, 1.807) is 12.1 Å². The highest BCUT2D eigenvalue weighted by Gasteiger charge is 2.22. The molecule has 134 valence electrons. The molecule has 0 saturated carbocycles. The monoisotopic (exact) mass is 349 g/mol. The van der Waals surface area contributed by atoms with E-state index in [1.807, 2.05) is 29.0 Å². The number of amides is 1. The first-order valence-corrected chi connectivity index (χ1v) is 8.77. The summed E-state index contributed by atoms with van der Waals surface area (Å²) in [6.45, 7) is 4.50. The van der Waals surface area contributed by atoms with E-state index in [1.165, 1.54) is 11.8 Å². The summed E-state index contributed by atoms with van der Waals surface area (Å²) in [6, 6.07) is 15.9. The van der Waals surface area contributed by atoms with Crippen LogP contribution in [-0.2, 0) is 11.3 Å². The molecule has 6 heteroatoms. The molecule has 26 heavy (non-hydrogen) atoms. The molecule has 0 radical (unpaired) electrons. The molecular weight excluding hydrogens is 326 g/mol. The molecule has 0 bridgehead atoms. The molecule has 1 aliphatic heterocycles. The van der Waals surface area contributed by atoms with Crippen molar-refractivity contribution in [1.29, 1.82) is 5.26 Å². The number of carbonyl (C=O) groups excluding carboxylic acids is 1. The molecule has 1 aromatic heterocycles. The Balaban J connectivity index is 1.48. The van der Waals surface area contributed by atoms with Gasteiger partial charge < -0.3 is 9.80 Å². The van der Waals surface area contributed by atoms with Crippen molar-refractivity contribution in [2.24, 2.45) is 0 Å². The van der Waals surface area contributed by atoms with Crippen LogP contribution in [0.5, 0.6) is 0 Å². The van der Waals surface area contributed by atoms with Crippen molar-refractivity contribution in [2.75, 3.05) is 44.7 Å². The van der Waals surface area contributed by atoms with Crippen LogP contribution in [0, 0.1) is 11.3 Å². The molecule has 1 aliphatic rings. The van der Waals surface area contributed by atoms with E-state index in [0.29, 0.717) is 11.4 Å². The van der Waals surface area contributed by atoms with Gasteiger partial charge in [0.2, 0.25) is 5.91 Å². The zero-order valence-electron chi connectivity index (χ0n) is 15.0. The van der Waals surface area contributed by atoms with Crippen LogP contribution in [0.25, 0.3) is 0 Å². The Kier molecular flexibility index (Phi) is 5.82. The predicted octanol–water partition coefficient (Wildman–Crippen LogP) is 1.73. The van der Waals surface area contributed by atoms with E-state index in [2.05, 4.69) is 34.1 Å². The maximum atomic E-state index is 12.6. The number of hydrogen-bond acceptors (Lipinski definition) is 5. The quantitative estimate of drug-likeness (QED) is 0.823. The predicted molar refractivity (Wildman–Crippen MR) is 101 cm³/mol. The summed E-state index contributed by atoms with van der Waals surface area (Å²) < 4.78 is 0. The molecular formula is C20H23N5O. The molecule has 1 amide bonds. The van der Waals surface area contributed by atoms with Gasteiger partial charge in [0.05, 0.1) is 12.1 Å². The number of nitriles is 1. The van der Waals surface area contributed by atoms with E-state index in [0.717, 1.165) is 32.7 Å². The summed E-state index contributed by atoms with van der Waals surface area (Å²) in [4.78, 5) is 22.9. The standard InChI is InChI=1S/C20H23N5O/c1-23(19-8-7-18(13-21)14-22-19)16-20(26)25-11-9-24(10-12-25)15-17-5-3-2-4-6-17/h2-8,14H,9-12,15-16H2,1H3. The van der Waals surface area contributed by atoms with Gasteiger partial charge >= 0.3 is 0 Å². The summed E-state index contributed by atoms with van der Waals surface area (Å²) in [5.74, 6) is 0.804. The molecule has 0 atom stereocenters. The van der Waals surface area contributed by atoms with Crippen molar-refractivity contribution >= 4 is 11.7 Å². The number of hydrogen-bond donors (Lipinski definition) is 0. The van der Waals surface area contributed by atoms with Crippen LogP contribution in [0.4, 0.5) is 5.82 Å². The zero-order valence-corrected chi connectivity index (χ0v) is 15.0. The summed E-state index contributed by atoms with van der Waals surface area (Å²) in [6.07, 6.45) is 1.53. The Morgan fingerprint density at radius 3 is 2.50 bits per heavy atom. The largest absolute Gasteiger partial charge is 0.350 e. The first-order chi connectivity index (χ1) is 12.7. The number of carbonyl (C=O) groups is 1. The third-order valence-corrected chi connectivity index (χ3v) is 4.61. The molecule has 3 rings (SSSR count). The molecule has 6 nitrogen and oxygen atoms in total. The van der Waals surface area contributed by atoms with Crippen molar-refractivity contribution in [3.05, 3.63) is 59.8 Å². The Bertz CT molecular complexity index is 761. The number of likely N-dealkylation sites (N-methyl/N-ethyl adjacent to an activating group) is 1. The fourth-order valence-corrected chi connectivity index (χ4v) is 3.06. The molecule has 1 aromatic carbocycles. The third kappa shape index (κ3) is 4.58. The second-order valence-electron chi connectivity index (χ2n) is 6.52. The van der Waals surface area contributed by atoms with Gasteiger partial charge in [0.1, 0.15) is 11.9 Å². The second kappa shape index (κ2) is 8.45. The van der Waals surface area contributed by atoms with Gasteiger partial charge in [0, 0.05) is 46.0 Å². The lowest BCUT2D eigenvalue weighted by Gasteiger charge is -2.35. The SMILES string of the molecule is CN(CC(=O)N1CCN(Cc2ccccc2)CC1)c1ccc(C#N)cn1. The first kappa shape index (κ1) is 17.9. The number of aromatic nitrogens is 1. The van der Waals surface area contributed by atoms with E-state index >= 15 is 0 Å². The maximum absolute atomic E-state index is 12.6. The van der Waals surface area contributed by atoms with Crippen LogP contribution in [0.3, 0.4) is 0 Å². The number of benzene rings is 1. The van der Waals surface area contributed by atoms with E-state index in [-0.39, 0.29) is 12.5 Å². The Morgan fingerprint density at radius 2 is 1.88 bits per heavy atom. The van der Waals surface area contributed by atoms with Crippen LogP contribution in [0.15, 0.2) is 48.7 Å². The lowest BCUT2D eigenvalue weighted by atomic mass is 10.2. The van der Waals surface area contributed by atoms with Crippen molar-refractivity contribution in [2.45, 2.75) is 6.54 Å². The summed E-state index contributed by atoms with van der Waals surface area (Å²) in [7, 11) is 1.85. The molecule has 0 unspecified atom stereocenters. The first-order valence-electron chi connectivity index (χ1n) is 8.77. The number of piperazine rings is 1. The number of nitrogens with zero attached hydrogens (tertiary/aromatic N) is 5. The summed E-state index contributed by atoms with van der Waals surface area (Å²) in [5, 5.41) is 8.83. The Hall–Kier alpha value is -2.91. The molecule has 0 N–H and O–H groups in total. The van der Waals surface area contributed by atoms with E-state index < -0.39 is 0 Å². The maximum Gasteiger partial charge on any atom is 0.242 e. The molecule has 2 aromatic rings. The summed E-state index contributed by atoms with van der Waals surface area (Å²) >= 11 is 0. The number of anilines is 1. The smallest absolute Gasteiger partial charge is 0.242 e. The van der Waals surface area contributed by atoms with Gasteiger partial charge in [-0.05, 0) is 17.7 Å². The van der Waals surface area contributed by atoms with Crippen LogP contribution >= 0.6 is 0 Å². The lowest BCUT2D eigenvalue weighted by Crippen LogP contribution is -2.50. The second-order valence-corrected chi connectivity index (χ2v) is 6.52. The highest BCUT2D eigenvalue weighted by molar-refractivity contribution is 5.81. The van der Waals surface area contributed by atoms with Gasteiger partial charge in [-0.15, -0.1) is 0 Å². The van der Waals surface area contributed by atoms with Gasteiger partial charge in [-0.2, -0.15) is 5.26 Å². The zero-order chi connectivity index (χ0) is 18.4. The van der Waals surface area contributed by atoms with Crippen molar-refractivity contribution in [3.8, 4) is 6.07 Å². The van der Waals surface area contributed by atoms with Gasteiger partial charge in [0.15, 0.2) is 0 Å². The van der Waals surface area contributed by atoms with Crippen LogP contribution < -0.4 is 4.90 Å².